The van der Waals surface area contributed by atoms with Gasteiger partial charge in [-0.2, -0.15) is 0 Å². The van der Waals surface area contributed by atoms with Crippen molar-refractivity contribution in [1.82, 2.24) is 5.32 Å². The predicted molar refractivity (Wildman–Crippen MR) is 269 cm³/mol. The third-order valence-corrected chi connectivity index (χ3v) is 11.9. The van der Waals surface area contributed by atoms with E-state index in [-0.39, 0.29) is 19.4 Å². The quantitative estimate of drug-likeness (QED) is 0.0150. The highest BCUT2D eigenvalue weighted by Gasteiger charge is 2.47. The van der Waals surface area contributed by atoms with Crippen molar-refractivity contribution in [3.8, 4) is 0 Å². The molecule has 0 aromatic rings. The fourth-order valence-corrected chi connectivity index (χ4v) is 7.70. The van der Waals surface area contributed by atoms with Crippen LogP contribution in [0.4, 0.5) is 0 Å². The molecule has 6 N–H and O–H groups in total. The van der Waals surface area contributed by atoms with Gasteiger partial charge >= 0.3 is 5.97 Å². The third-order valence-electron chi connectivity index (χ3n) is 11.9. The van der Waals surface area contributed by atoms with Crippen LogP contribution in [-0.4, -0.2) is 99.6 Å². The molecule has 8 atom stereocenters. The van der Waals surface area contributed by atoms with Crippen LogP contribution < -0.4 is 5.32 Å². The minimum Gasteiger partial charge on any atom is -0.454 e. The Bertz CT molecular complexity index is 1340. The van der Waals surface area contributed by atoms with Crippen molar-refractivity contribution in [1.29, 1.82) is 0 Å². The van der Waals surface area contributed by atoms with E-state index >= 15 is 0 Å². The molecule has 1 aliphatic rings. The maximum Gasteiger partial charge on any atom is 0.306 e. The topological polar surface area (TPSA) is 175 Å². The van der Waals surface area contributed by atoms with Gasteiger partial charge in [-0.05, 0) is 64.2 Å². The molecular weight excluding hydrogens is 835 g/mol. The number of hydrogen-bond donors (Lipinski definition) is 6. The van der Waals surface area contributed by atoms with Gasteiger partial charge < -0.3 is 45.1 Å². The molecule has 1 heterocycles. The van der Waals surface area contributed by atoms with Crippen LogP contribution >= 0.6 is 0 Å². The van der Waals surface area contributed by atoms with E-state index in [1.54, 1.807) is 6.08 Å². The Labute approximate surface area is 400 Å². The second kappa shape index (κ2) is 43.4. The SMILES string of the molecule is CC/C=C/C=C/C=C\CCCCCCC(O)C(=O)NC(COC1OC(CO)C(O)C(O)C1OC(=O)CC/C=C/C/C=C\CCCCCCCC)C(O)/C=C/CCCCCCCCCCCC. The van der Waals surface area contributed by atoms with Gasteiger partial charge in [0.25, 0.3) is 0 Å². The highest BCUT2D eigenvalue weighted by Crippen LogP contribution is 2.26. The van der Waals surface area contributed by atoms with Gasteiger partial charge in [-0.1, -0.05) is 203 Å². The molecule has 0 aromatic heterocycles. The van der Waals surface area contributed by atoms with Crippen molar-refractivity contribution < 1.29 is 49.3 Å². The number of unbranched alkanes of at least 4 members (excludes halogenated alkanes) is 20. The Morgan fingerprint density at radius 1 is 0.621 bits per heavy atom. The molecule has 1 aliphatic heterocycles. The van der Waals surface area contributed by atoms with Crippen molar-refractivity contribution >= 4 is 11.9 Å². The van der Waals surface area contributed by atoms with Gasteiger partial charge in [-0.3, -0.25) is 9.59 Å². The number of allylic oxidation sites excluding steroid dienone is 11. The van der Waals surface area contributed by atoms with Crippen LogP contribution in [0.15, 0.2) is 72.9 Å². The first-order valence-electron chi connectivity index (χ1n) is 26.2. The lowest BCUT2D eigenvalue weighted by Crippen LogP contribution is -2.61. The maximum atomic E-state index is 13.3. The van der Waals surface area contributed by atoms with E-state index in [9.17, 15) is 35.1 Å². The second-order valence-corrected chi connectivity index (χ2v) is 17.9. The largest absolute Gasteiger partial charge is 0.454 e. The lowest BCUT2D eigenvalue weighted by Gasteiger charge is -2.41. The van der Waals surface area contributed by atoms with Gasteiger partial charge in [0.1, 0.15) is 24.4 Å². The minimum atomic E-state index is -1.64. The first-order chi connectivity index (χ1) is 32.2. The fraction of sp³-hybridized carbons (Fsp3) is 0.745. The van der Waals surface area contributed by atoms with Crippen LogP contribution in [0.3, 0.4) is 0 Å². The summed E-state index contributed by atoms with van der Waals surface area (Å²) in [4.78, 5) is 26.3. The number of hydrogen-bond acceptors (Lipinski definition) is 10. The fourth-order valence-electron chi connectivity index (χ4n) is 7.70. The highest BCUT2D eigenvalue weighted by molar-refractivity contribution is 5.80. The summed E-state index contributed by atoms with van der Waals surface area (Å²) in [6.45, 7) is 5.55. The van der Waals surface area contributed by atoms with E-state index in [1.165, 1.54) is 83.5 Å². The van der Waals surface area contributed by atoms with Crippen LogP contribution in [0.1, 0.15) is 201 Å². The molecule has 1 amide bonds. The molecule has 0 spiro atoms. The molecule has 0 radical (unpaired) electrons. The second-order valence-electron chi connectivity index (χ2n) is 17.9. The first-order valence-corrected chi connectivity index (χ1v) is 26.2. The van der Waals surface area contributed by atoms with Gasteiger partial charge in [0.2, 0.25) is 5.91 Å². The van der Waals surface area contributed by atoms with E-state index in [0.29, 0.717) is 12.8 Å². The van der Waals surface area contributed by atoms with Gasteiger partial charge in [0.15, 0.2) is 12.4 Å². The Kier molecular flexibility index (Phi) is 40.2. The van der Waals surface area contributed by atoms with E-state index in [2.05, 4.69) is 50.4 Å². The summed E-state index contributed by atoms with van der Waals surface area (Å²) in [5.74, 6) is -1.30. The average Bonchev–Trinajstić information content (AvgIpc) is 3.31. The lowest BCUT2D eigenvalue weighted by atomic mass is 9.99. The van der Waals surface area contributed by atoms with Crippen molar-refractivity contribution in [2.75, 3.05) is 13.2 Å². The molecule has 11 heteroatoms. The zero-order valence-corrected chi connectivity index (χ0v) is 41.5. The molecule has 0 aliphatic carbocycles. The number of carbonyl (C=O) groups excluding carboxylic acids is 2. The van der Waals surface area contributed by atoms with Crippen molar-refractivity contribution in [2.24, 2.45) is 0 Å². The number of ether oxygens (including phenoxy) is 3. The van der Waals surface area contributed by atoms with Crippen molar-refractivity contribution in [3.63, 3.8) is 0 Å². The molecule has 0 saturated carbocycles. The summed E-state index contributed by atoms with van der Waals surface area (Å²) in [6.07, 6.45) is 42.6. The smallest absolute Gasteiger partial charge is 0.306 e. The van der Waals surface area contributed by atoms with Crippen LogP contribution in [0.2, 0.25) is 0 Å². The van der Waals surface area contributed by atoms with Crippen LogP contribution in [-0.2, 0) is 23.8 Å². The molecule has 0 aromatic carbocycles. The van der Waals surface area contributed by atoms with Crippen LogP contribution in [0, 0.1) is 0 Å². The summed E-state index contributed by atoms with van der Waals surface area (Å²) in [5, 5.41) is 56.5. The number of rotatable bonds is 42. The molecular formula is C55H95NO10. The standard InChI is InChI=1S/C55H95NO10/c1-4-7-10-13-16-19-22-25-28-31-34-37-40-43-50(60)66-53-52(62)51(61)49(44-57)65-55(53)64-45-46(47(58)41-38-35-32-29-26-23-20-17-14-11-8-5-2)56-54(63)48(59)42-39-36-33-30-27-24-21-18-15-12-9-6-3/h9,12,15,18,21,24-25,28,34,37-38,41,46-49,51-53,55,57-59,61-62H,4-8,10-11,13-14,16-17,19-20,22-23,26-27,29-33,35-36,39-40,42-45H2,1-3H3,(H,56,63)/b12-9+,18-15+,24-21-,28-25-,37-34+,41-38+. The van der Waals surface area contributed by atoms with Crippen LogP contribution in [0.25, 0.3) is 0 Å². The summed E-state index contributed by atoms with van der Waals surface area (Å²) >= 11 is 0. The highest BCUT2D eigenvalue weighted by atomic mass is 16.7. The molecule has 380 valence electrons. The Morgan fingerprint density at radius 3 is 1.74 bits per heavy atom. The van der Waals surface area contributed by atoms with E-state index in [0.717, 1.165) is 70.6 Å². The number of nitrogens with one attached hydrogen (secondary N) is 1. The van der Waals surface area contributed by atoms with Gasteiger partial charge in [-0.15, -0.1) is 0 Å². The molecule has 1 fully saturated rings. The Morgan fingerprint density at radius 2 is 1.15 bits per heavy atom. The van der Waals surface area contributed by atoms with E-state index < -0.39 is 67.4 Å². The normalized spacial score (nSPS) is 20.8. The van der Waals surface area contributed by atoms with Crippen molar-refractivity contribution in [3.05, 3.63) is 72.9 Å². The predicted octanol–water partition coefficient (Wildman–Crippen LogP) is 10.9. The summed E-state index contributed by atoms with van der Waals surface area (Å²) in [5.41, 5.74) is 0. The lowest BCUT2D eigenvalue weighted by molar-refractivity contribution is -0.305. The number of carbonyl (C=O) groups is 2. The summed E-state index contributed by atoms with van der Waals surface area (Å²) in [7, 11) is 0. The number of esters is 1. The monoisotopic (exact) mass is 930 g/mol. The van der Waals surface area contributed by atoms with Gasteiger partial charge in [0, 0.05) is 6.42 Å². The molecule has 0 bridgehead atoms. The van der Waals surface area contributed by atoms with Gasteiger partial charge in [-0.25, -0.2) is 0 Å². The first kappa shape index (κ1) is 61.1. The summed E-state index contributed by atoms with van der Waals surface area (Å²) < 4.78 is 17.4. The third kappa shape index (κ3) is 32.0. The zero-order chi connectivity index (χ0) is 48.3. The summed E-state index contributed by atoms with van der Waals surface area (Å²) in [6, 6.07) is -1.05. The molecule has 1 saturated heterocycles. The molecule has 66 heavy (non-hydrogen) atoms. The number of aliphatic hydroxyl groups excluding tert-OH is 5. The number of aliphatic hydroxyl groups is 5. The van der Waals surface area contributed by atoms with Crippen LogP contribution in [0.5, 0.6) is 0 Å². The number of amides is 1. The Balaban J connectivity index is 2.84. The maximum absolute atomic E-state index is 13.3. The van der Waals surface area contributed by atoms with E-state index in [1.807, 2.05) is 42.5 Å². The minimum absolute atomic E-state index is 0.0123. The Hall–Kier alpha value is -2.90. The zero-order valence-electron chi connectivity index (χ0n) is 41.5. The molecule has 1 rings (SSSR count). The van der Waals surface area contributed by atoms with Crippen molar-refractivity contribution in [2.45, 2.75) is 250 Å². The average molecular weight is 930 g/mol. The van der Waals surface area contributed by atoms with E-state index in [4.69, 9.17) is 14.2 Å². The molecule has 11 nitrogen and oxygen atoms in total. The van der Waals surface area contributed by atoms with Gasteiger partial charge in [0.05, 0.1) is 25.4 Å². The molecule has 8 unspecified atom stereocenters.